The minimum atomic E-state index is 0.251. The Hall–Kier alpha value is -2.78. The van der Waals surface area contributed by atoms with Crippen molar-refractivity contribution in [2.75, 3.05) is 7.11 Å². The fourth-order valence-electron chi connectivity index (χ4n) is 3.07. The minimum Gasteiger partial charge on any atom is -0.493 e. The lowest BCUT2D eigenvalue weighted by Gasteiger charge is -2.19. The van der Waals surface area contributed by atoms with Gasteiger partial charge in [-0.05, 0) is 36.6 Å². The van der Waals surface area contributed by atoms with E-state index >= 15 is 0 Å². The van der Waals surface area contributed by atoms with Crippen LogP contribution in [-0.4, -0.2) is 7.11 Å². The lowest BCUT2D eigenvalue weighted by molar-refractivity contribution is 0.279. The molecule has 3 aromatic rings. The van der Waals surface area contributed by atoms with Gasteiger partial charge in [-0.2, -0.15) is 0 Å². The number of benzene rings is 3. The van der Waals surface area contributed by atoms with Gasteiger partial charge in [-0.15, -0.1) is 0 Å². The smallest absolute Gasteiger partial charge is 0.166 e. The summed E-state index contributed by atoms with van der Waals surface area (Å²) >= 11 is 0. The largest absolute Gasteiger partial charge is 0.493 e. The molecule has 27 heavy (non-hydrogen) atoms. The van der Waals surface area contributed by atoms with Crippen LogP contribution in [-0.2, 0) is 13.2 Å². The predicted molar refractivity (Wildman–Crippen MR) is 110 cm³/mol. The van der Waals surface area contributed by atoms with Gasteiger partial charge < -0.3 is 14.8 Å². The monoisotopic (exact) mass is 361 g/mol. The van der Waals surface area contributed by atoms with E-state index in [1.54, 1.807) is 7.11 Å². The first-order valence-corrected chi connectivity index (χ1v) is 9.30. The van der Waals surface area contributed by atoms with Crippen LogP contribution in [0.3, 0.4) is 0 Å². The highest BCUT2D eigenvalue weighted by Crippen LogP contribution is 2.32. The molecule has 140 valence electrons. The molecule has 0 aliphatic carbocycles. The second kappa shape index (κ2) is 9.24. The first-order valence-electron chi connectivity index (χ1n) is 9.30. The van der Waals surface area contributed by atoms with E-state index in [1.165, 1.54) is 16.7 Å². The number of methoxy groups -OCH3 is 1. The Morgan fingerprint density at radius 3 is 2.30 bits per heavy atom. The van der Waals surface area contributed by atoms with Crippen molar-refractivity contribution in [3.05, 3.63) is 95.1 Å². The summed E-state index contributed by atoms with van der Waals surface area (Å²) in [4.78, 5) is 0. The van der Waals surface area contributed by atoms with Gasteiger partial charge in [-0.25, -0.2) is 0 Å². The van der Waals surface area contributed by atoms with E-state index in [0.717, 1.165) is 17.1 Å². The van der Waals surface area contributed by atoms with Crippen LogP contribution in [0.4, 0.5) is 0 Å². The summed E-state index contributed by atoms with van der Waals surface area (Å²) in [6.07, 6.45) is 0. The molecule has 0 aliphatic heterocycles. The highest BCUT2D eigenvalue weighted by Gasteiger charge is 2.13. The third-order valence-corrected chi connectivity index (χ3v) is 4.81. The summed E-state index contributed by atoms with van der Waals surface area (Å²) in [7, 11) is 1.68. The first-order chi connectivity index (χ1) is 13.2. The molecule has 1 atom stereocenters. The van der Waals surface area contributed by atoms with Crippen molar-refractivity contribution >= 4 is 0 Å². The summed E-state index contributed by atoms with van der Waals surface area (Å²) in [5.41, 5.74) is 4.76. The minimum absolute atomic E-state index is 0.251. The van der Waals surface area contributed by atoms with Gasteiger partial charge in [-0.3, -0.25) is 0 Å². The molecule has 0 saturated carbocycles. The molecule has 1 unspecified atom stereocenters. The first kappa shape index (κ1) is 19.0. The molecule has 0 bridgehead atoms. The molecule has 0 aliphatic rings. The van der Waals surface area contributed by atoms with Crippen LogP contribution >= 0.6 is 0 Å². The summed E-state index contributed by atoms with van der Waals surface area (Å²) in [6, 6.07) is 25.0. The Balaban J connectivity index is 1.74. The predicted octanol–water partition coefficient (Wildman–Crippen LogP) is 5.43. The average molecular weight is 361 g/mol. The molecule has 1 N–H and O–H groups in total. The number of ether oxygens (including phenoxy) is 2. The van der Waals surface area contributed by atoms with E-state index in [0.29, 0.717) is 13.2 Å². The zero-order valence-corrected chi connectivity index (χ0v) is 16.2. The van der Waals surface area contributed by atoms with Crippen molar-refractivity contribution in [1.29, 1.82) is 0 Å². The van der Waals surface area contributed by atoms with Crippen LogP contribution in [0.1, 0.15) is 35.2 Å². The lowest BCUT2D eigenvalue weighted by atomic mass is 10.1. The SMILES string of the molecule is COc1cccc(CNC(C)c2ccccc2)c1OCc1ccccc1C. The average Bonchev–Trinajstić information content (AvgIpc) is 2.72. The molecule has 0 fully saturated rings. The third kappa shape index (κ3) is 4.89. The zero-order valence-electron chi connectivity index (χ0n) is 16.2. The maximum Gasteiger partial charge on any atom is 0.166 e. The highest BCUT2D eigenvalue weighted by atomic mass is 16.5. The number of nitrogens with one attached hydrogen (secondary N) is 1. The number of aryl methyl sites for hydroxylation is 1. The molecule has 0 amide bonds. The van der Waals surface area contributed by atoms with Crippen LogP contribution in [0, 0.1) is 6.92 Å². The van der Waals surface area contributed by atoms with Gasteiger partial charge in [0.1, 0.15) is 6.61 Å². The van der Waals surface area contributed by atoms with Gasteiger partial charge in [0.05, 0.1) is 7.11 Å². The number of rotatable bonds is 8. The zero-order chi connectivity index (χ0) is 19.1. The quantitative estimate of drug-likeness (QED) is 0.580. The van der Waals surface area contributed by atoms with E-state index in [2.05, 4.69) is 61.6 Å². The van der Waals surface area contributed by atoms with Crippen LogP contribution in [0.5, 0.6) is 11.5 Å². The molecule has 0 heterocycles. The fraction of sp³-hybridized carbons (Fsp3) is 0.250. The number of hydrogen-bond donors (Lipinski definition) is 1. The van der Waals surface area contributed by atoms with Crippen molar-refractivity contribution in [3.63, 3.8) is 0 Å². The molecule has 3 rings (SSSR count). The molecule has 0 spiro atoms. The van der Waals surface area contributed by atoms with E-state index in [9.17, 15) is 0 Å². The van der Waals surface area contributed by atoms with E-state index in [-0.39, 0.29) is 6.04 Å². The maximum atomic E-state index is 6.20. The van der Waals surface area contributed by atoms with Crippen LogP contribution in [0.25, 0.3) is 0 Å². The van der Waals surface area contributed by atoms with Gasteiger partial charge in [0.15, 0.2) is 11.5 Å². The highest BCUT2D eigenvalue weighted by molar-refractivity contribution is 5.47. The molecular weight excluding hydrogens is 334 g/mol. The fourth-order valence-corrected chi connectivity index (χ4v) is 3.07. The van der Waals surface area contributed by atoms with E-state index in [1.807, 2.05) is 30.3 Å². The molecule has 3 heteroatoms. The molecule has 0 saturated heterocycles. The number of hydrogen-bond acceptors (Lipinski definition) is 3. The Kier molecular flexibility index (Phi) is 6.50. The van der Waals surface area contributed by atoms with Crippen LogP contribution in [0.2, 0.25) is 0 Å². The second-order valence-corrected chi connectivity index (χ2v) is 6.68. The normalized spacial score (nSPS) is 11.8. The molecule has 3 nitrogen and oxygen atoms in total. The maximum absolute atomic E-state index is 6.20. The Labute approximate surface area is 162 Å². The van der Waals surface area contributed by atoms with Gasteiger partial charge in [0, 0.05) is 18.2 Å². The van der Waals surface area contributed by atoms with Gasteiger partial charge >= 0.3 is 0 Å². The summed E-state index contributed by atoms with van der Waals surface area (Å²) < 4.78 is 11.7. The topological polar surface area (TPSA) is 30.5 Å². The molecular formula is C24H27NO2. The summed E-state index contributed by atoms with van der Waals surface area (Å²) in [6.45, 7) is 5.50. The van der Waals surface area contributed by atoms with Crippen molar-refractivity contribution in [2.24, 2.45) is 0 Å². The second-order valence-electron chi connectivity index (χ2n) is 6.68. The Morgan fingerprint density at radius 2 is 1.56 bits per heavy atom. The Bertz CT molecular complexity index is 861. The molecule has 3 aromatic carbocycles. The van der Waals surface area contributed by atoms with Crippen molar-refractivity contribution in [3.8, 4) is 11.5 Å². The van der Waals surface area contributed by atoms with E-state index < -0.39 is 0 Å². The van der Waals surface area contributed by atoms with Gasteiger partial charge in [-0.1, -0.05) is 66.7 Å². The number of para-hydroxylation sites is 1. The van der Waals surface area contributed by atoms with Crippen LogP contribution in [0.15, 0.2) is 72.8 Å². The lowest BCUT2D eigenvalue weighted by Crippen LogP contribution is -2.18. The molecule has 0 aromatic heterocycles. The van der Waals surface area contributed by atoms with Crippen molar-refractivity contribution in [1.82, 2.24) is 5.32 Å². The van der Waals surface area contributed by atoms with Crippen molar-refractivity contribution < 1.29 is 9.47 Å². The third-order valence-electron chi connectivity index (χ3n) is 4.81. The van der Waals surface area contributed by atoms with Crippen LogP contribution < -0.4 is 14.8 Å². The molecule has 0 radical (unpaired) electrons. The summed E-state index contributed by atoms with van der Waals surface area (Å²) in [5, 5.41) is 3.58. The van der Waals surface area contributed by atoms with E-state index in [4.69, 9.17) is 9.47 Å². The van der Waals surface area contributed by atoms with Crippen molar-refractivity contribution in [2.45, 2.75) is 33.0 Å². The Morgan fingerprint density at radius 1 is 0.852 bits per heavy atom. The van der Waals surface area contributed by atoms with Gasteiger partial charge in [0.2, 0.25) is 0 Å². The summed E-state index contributed by atoms with van der Waals surface area (Å²) in [5.74, 6) is 1.56. The van der Waals surface area contributed by atoms with Gasteiger partial charge in [0.25, 0.3) is 0 Å². The standard InChI is InChI=1S/C24H27NO2/c1-18-10-7-8-13-22(18)17-27-24-21(14-9-15-23(24)26-3)16-25-19(2)20-11-5-4-6-12-20/h4-15,19,25H,16-17H2,1-3H3.